The molecule has 1 amide bonds. The van der Waals surface area contributed by atoms with Gasteiger partial charge in [-0.1, -0.05) is 0 Å². The van der Waals surface area contributed by atoms with Gasteiger partial charge in [0.05, 0.1) is 11.7 Å². The van der Waals surface area contributed by atoms with Gasteiger partial charge in [0.25, 0.3) is 0 Å². The second kappa shape index (κ2) is 5.36. The zero-order valence-corrected chi connectivity index (χ0v) is 13.4. The lowest BCUT2D eigenvalue weighted by Crippen LogP contribution is -2.50. The summed E-state index contributed by atoms with van der Waals surface area (Å²) < 4.78 is 5.44. The summed E-state index contributed by atoms with van der Waals surface area (Å²) in [5.41, 5.74) is 0.355. The molecule has 0 aliphatic carbocycles. The number of rotatable bonds is 2. The van der Waals surface area contributed by atoms with Crippen molar-refractivity contribution in [2.45, 2.75) is 44.9 Å². The van der Waals surface area contributed by atoms with Crippen molar-refractivity contribution < 1.29 is 14.5 Å². The van der Waals surface area contributed by atoms with Crippen LogP contribution in [-0.4, -0.2) is 51.7 Å². The molecule has 2 bridgehead atoms. The van der Waals surface area contributed by atoms with E-state index >= 15 is 0 Å². The smallest absolute Gasteiger partial charge is 0.410 e. The number of aromatic nitrogens is 1. The third-order valence-electron chi connectivity index (χ3n) is 4.12. The minimum atomic E-state index is -0.510. The van der Waals surface area contributed by atoms with Crippen LogP contribution in [-0.2, 0) is 4.74 Å². The van der Waals surface area contributed by atoms with Crippen molar-refractivity contribution in [3.05, 3.63) is 28.4 Å². The first-order valence-corrected chi connectivity index (χ1v) is 7.61. The topological polar surface area (TPSA) is 88.8 Å². The molecule has 1 aromatic rings. The predicted octanol–water partition coefficient (Wildman–Crippen LogP) is 2.19. The molecule has 1 unspecified atom stereocenters. The minimum Gasteiger partial charge on any atom is -0.444 e. The Hall–Kier alpha value is -2.38. The minimum absolute atomic E-state index is 0.116. The van der Waals surface area contributed by atoms with Crippen molar-refractivity contribution in [3.8, 4) is 0 Å². The van der Waals surface area contributed by atoms with Gasteiger partial charge in [-0.05, 0) is 43.2 Å². The van der Waals surface area contributed by atoms with Crippen LogP contribution in [0.25, 0.3) is 0 Å². The van der Waals surface area contributed by atoms with Crippen LogP contribution < -0.4 is 4.90 Å². The molecular weight excluding hydrogens is 300 g/mol. The fourth-order valence-electron chi connectivity index (χ4n) is 3.18. The van der Waals surface area contributed by atoms with Crippen molar-refractivity contribution in [2.24, 2.45) is 0 Å². The molecule has 2 atom stereocenters. The van der Waals surface area contributed by atoms with Gasteiger partial charge in [-0.15, -0.1) is 0 Å². The number of carbonyl (C=O) groups excluding carboxylic acids is 1. The highest BCUT2D eigenvalue weighted by atomic mass is 16.6. The fraction of sp³-hybridized carbons (Fsp3) is 0.600. The van der Waals surface area contributed by atoms with Crippen LogP contribution in [0.5, 0.6) is 0 Å². The number of nitro groups is 1. The highest BCUT2D eigenvalue weighted by molar-refractivity contribution is 5.70. The van der Waals surface area contributed by atoms with E-state index in [1.165, 1.54) is 12.3 Å². The number of piperazine rings is 1. The van der Waals surface area contributed by atoms with Gasteiger partial charge in [0, 0.05) is 25.2 Å². The Bertz CT molecular complexity index is 625. The van der Waals surface area contributed by atoms with E-state index in [2.05, 4.69) is 9.88 Å². The van der Waals surface area contributed by atoms with E-state index < -0.39 is 10.5 Å². The Morgan fingerprint density at radius 3 is 2.57 bits per heavy atom. The van der Waals surface area contributed by atoms with Crippen LogP contribution in [0.1, 0.15) is 27.2 Å². The largest absolute Gasteiger partial charge is 0.444 e. The summed E-state index contributed by atoms with van der Waals surface area (Å²) in [5, 5.41) is 10.7. The molecule has 2 fully saturated rings. The van der Waals surface area contributed by atoms with Crippen molar-refractivity contribution in [2.75, 3.05) is 18.0 Å². The van der Waals surface area contributed by atoms with Gasteiger partial charge >= 0.3 is 11.9 Å². The number of ether oxygens (including phenoxy) is 1. The monoisotopic (exact) mass is 320 g/mol. The molecule has 0 spiro atoms. The number of nitrogens with zero attached hydrogens (tertiary/aromatic N) is 4. The van der Waals surface area contributed by atoms with E-state index in [9.17, 15) is 14.9 Å². The Morgan fingerprint density at radius 2 is 2.09 bits per heavy atom. The van der Waals surface area contributed by atoms with Gasteiger partial charge in [-0.3, -0.25) is 0 Å². The van der Waals surface area contributed by atoms with Crippen LogP contribution >= 0.6 is 0 Å². The summed E-state index contributed by atoms with van der Waals surface area (Å²) in [6, 6.07) is 3.44. The third kappa shape index (κ3) is 3.06. The number of likely N-dealkylation sites (tertiary alicyclic amines) is 1. The maximum atomic E-state index is 12.2. The van der Waals surface area contributed by atoms with Crippen molar-refractivity contribution in [3.63, 3.8) is 0 Å². The molecule has 0 saturated carbocycles. The number of fused-ring (bicyclic) bond motifs is 2. The predicted molar refractivity (Wildman–Crippen MR) is 83.4 cm³/mol. The van der Waals surface area contributed by atoms with Crippen LogP contribution in [0.4, 0.5) is 16.3 Å². The van der Waals surface area contributed by atoms with E-state index in [-0.39, 0.29) is 24.0 Å². The molecule has 2 aliphatic rings. The second-order valence-electron chi connectivity index (χ2n) is 6.96. The Labute approximate surface area is 134 Å². The molecule has 8 nitrogen and oxygen atoms in total. The number of pyridine rings is 1. The summed E-state index contributed by atoms with van der Waals surface area (Å²) >= 11 is 0. The number of anilines is 1. The van der Waals surface area contributed by atoms with E-state index in [1.807, 2.05) is 20.8 Å². The lowest BCUT2D eigenvalue weighted by molar-refractivity contribution is -0.389. The Balaban J connectivity index is 1.66. The molecule has 3 rings (SSSR count). The van der Waals surface area contributed by atoms with Crippen molar-refractivity contribution in [1.29, 1.82) is 0 Å². The standard InChI is InChI=1S/C15H20N4O4/c1-15(2,3)23-14(20)18-9-11-6-12(18)8-17(11)10-4-5-13(16-7-10)19(21)22/h4-5,7,11-12H,6,8-9H2,1-3H3/t11-,12?/m0/s1. The lowest BCUT2D eigenvalue weighted by atomic mass is 10.2. The van der Waals surface area contributed by atoms with Gasteiger partial charge in [-0.2, -0.15) is 0 Å². The number of hydrogen-bond donors (Lipinski definition) is 0. The van der Waals surface area contributed by atoms with Gasteiger partial charge in [0.15, 0.2) is 6.20 Å². The molecule has 1 aromatic heterocycles. The molecule has 124 valence electrons. The second-order valence-corrected chi connectivity index (χ2v) is 6.96. The molecule has 0 N–H and O–H groups in total. The number of carbonyl (C=O) groups is 1. The van der Waals surface area contributed by atoms with Gasteiger partial charge in [0.2, 0.25) is 0 Å². The highest BCUT2D eigenvalue weighted by Gasteiger charge is 2.46. The van der Waals surface area contributed by atoms with Crippen molar-refractivity contribution in [1.82, 2.24) is 9.88 Å². The normalized spacial score (nSPS) is 23.3. The maximum Gasteiger partial charge on any atom is 0.410 e. The average molecular weight is 320 g/mol. The summed E-state index contributed by atoms with van der Waals surface area (Å²) in [4.78, 5) is 30.2. The van der Waals surface area contributed by atoms with Gasteiger partial charge < -0.3 is 24.7 Å². The summed E-state index contributed by atoms with van der Waals surface area (Å²) in [6.07, 6.45) is 2.14. The van der Waals surface area contributed by atoms with E-state index in [1.54, 1.807) is 11.0 Å². The summed E-state index contributed by atoms with van der Waals surface area (Å²) in [7, 11) is 0. The maximum absolute atomic E-state index is 12.2. The summed E-state index contributed by atoms with van der Waals surface area (Å²) in [5.74, 6) is -0.159. The quantitative estimate of drug-likeness (QED) is 0.613. The van der Waals surface area contributed by atoms with Gasteiger partial charge in [-0.25, -0.2) is 4.79 Å². The Kier molecular flexibility index (Phi) is 3.62. The lowest BCUT2D eigenvalue weighted by Gasteiger charge is -2.35. The molecule has 8 heteroatoms. The first-order chi connectivity index (χ1) is 10.7. The number of hydrogen-bond acceptors (Lipinski definition) is 6. The van der Waals surface area contributed by atoms with Crippen LogP contribution in [0.3, 0.4) is 0 Å². The SMILES string of the molecule is CC(C)(C)OC(=O)N1C[C@@H]2CC1CN2c1ccc([N+](=O)[O-])nc1. The average Bonchev–Trinajstić information content (AvgIpc) is 3.05. The van der Waals surface area contributed by atoms with Crippen molar-refractivity contribution >= 4 is 17.6 Å². The van der Waals surface area contributed by atoms with Crippen LogP contribution in [0.2, 0.25) is 0 Å². The summed E-state index contributed by atoms with van der Waals surface area (Å²) in [6.45, 7) is 6.87. The zero-order chi connectivity index (χ0) is 16.8. The zero-order valence-electron chi connectivity index (χ0n) is 13.4. The van der Waals surface area contributed by atoms with E-state index in [0.29, 0.717) is 13.1 Å². The van der Waals surface area contributed by atoms with Crippen LogP contribution in [0, 0.1) is 10.1 Å². The third-order valence-corrected chi connectivity index (χ3v) is 4.12. The van der Waals surface area contributed by atoms with Gasteiger partial charge in [0.1, 0.15) is 5.60 Å². The molecule has 0 radical (unpaired) electrons. The van der Waals surface area contributed by atoms with E-state index in [4.69, 9.17) is 4.74 Å². The number of amides is 1. The highest BCUT2D eigenvalue weighted by Crippen LogP contribution is 2.35. The molecule has 2 saturated heterocycles. The molecule has 23 heavy (non-hydrogen) atoms. The van der Waals surface area contributed by atoms with Crippen LogP contribution in [0.15, 0.2) is 18.3 Å². The molecular formula is C15H20N4O4. The molecule has 0 aromatic carbocycles. The fourth-order valence-corrected chi connectivity index (χ4v) is 3.18. The Morgan fingerprint density at radius 1 is 1.35 bits per heavy atom. The first-order valence-electron chi connectivity index (χ1n) is 7.61. The molecule has 2 aliphatic heterocycles. The molecule has 3 heterocycles. The first kappa shape index (κ1) is 15.5. The van der Waals surface area contributed by atoms with E-state index in [0.717, 1.165) is 12.1 Å².